The molecule has 2 aliphatic heterocycles. The van der Waals surface area contributed by atoms with E-state index >= 15 is 0 Å². The molecule has 2 fully saturated rings. The number of sulfonamides is 1. The Morgan fingerprint density at radius 1 is 1.06 bits per heavy atom. The first-order chi connectivity index (χ1) is 16.0. The normalized spacial score (nSPS) is 21.2. The second-order valence-electron chi connectivity index (χ2n) is 9.06. The number of carbonyl (C=O) groups is 2. The van der Waals surface area contributed by atoms with Crippen molar-refractivity contribution in [1.82, 2.24) is 4.31 Å². The quantitative estimate of drug-likeness (QED) is 0.553. The Kier molecular flexibility index (Phi) is 6.88. The molecule has 0 bridgehead atoms. The van der Waals surface area contributed by atoms with Crippen LogP contribution in [0.1, 0.15) is 41.5 Å². The van der Waals surface area contributed by atoms with Crippen LogP contribution in [-0.2, 0) is 24.3 Å². The molecule has 0 N–H and O–H groups in total. The number of aryl methyl sites for hydroxylation is 2. The molecule has 182 valence electrons. The summed E-state index contributed by atoms with van der Waals surface area (Å²) in [7, 11) is -4.11. The first-order valence-electron chi connectivity index (χ1n) is 11.4. The molecule has 2 aliphatic rings. The van der Waals surface area contributed by atoms with Crippen molar-refractivity contribution >= 4 is 39.1 Å². The maximum absolute atomic E-state index is 14.2. The summed E-state index contributed by atoms with van der Waals surface area (Å²) in [5.74, 6) is -1.01. The van der Waals surface area contributed by atoms with Crippen LogP contribution >= 0.6 is 11.6 Å². The van der Waals surface area contributed by atoms with Crippen molar-refractivity contribution in [2.24, 2.45) is 0 Å². The van der Waals surface area contributed by atoms with Crippen molar-refractivity contribution in [3.8, 4) is 0 Å². The molecule has 0 radical (unpaired) electrons. The Bertz CT molecular complexity index is 1210. The van der Waals surface area contributed by atoms with E-state index in [4.69, 9.17) is 16.3 Å². The van der Waals surface area contributed by atoms with Crippen LogP contribution in [0.25, 0.3) is 0 Å². The van der Waals surface area contributed by atoms with Crippen molar-refractivity contribution in [2.45, 2.75) is 64.0 Å². The van der Waals surface area contributed by atoms with Crippen LogP contribution in [0.15, 0.2) is 35.2 Å². The Balaban J connectivity index is 1.79. The predicted molar refractivity (Wildman–Crippen MR) is 131 cm³/mol. The number of anilines is 1. The third-order valence-corrected chi connectivity index (χ3v) is 9.23. The number of hydrogen-bond acceptors (Lipinski definition) is 5. The highest BCUT2D eigenvalue weighted by atomic mass is 35.5. The Hall–Kier alpha value is -2.26. The molecule has 0 aromatic heterocycles. The number of halogens is 1. The maximum Gasteiger partial charge on any atom is 0.252 e. The molecule has 2 unspecified atom stereocenters. The van der Waals surface area contributed by atoms with Gasteiger partial charge in [0, 0.05) is 18.2 Å². The van der Waals surface area contributed by atoms with Gasteiger partial charge < -0.3 is 4.74 Å². The number of amides is 2. The minimum absolute atomic E-state index is 0.0202. The minimum atomic E-state index is -4.11. The molecule has 2 amide bonds. The number of carbonyl (C=O) groups excluding carboxylic acids is 2. The molecule has 2 saturated heterocycles. The first kappa shape index (κ1) is 24.9. The number of ether oxygens (including phenoxy) is 1. The van der Waals surface area contributed by atoms with Crippen molar-refractivity contribution in [2.75, 3.05) is 18.1 Å². The van der Waals surface area contributed by atoms with E-state index in [1.807, 2.05) is 19.9 Å². The van der Waals surface area contributed by atoms with E-state index in [1.54, 1.807) is 38.1 Å². The maximum atomic E-state index is 14.2. The number of nitrogens with zero attached hydrogens (tertiary/aromatic N) is 2. The van der Waals surface area contributed by atoms with Crippen LogP contribution in [0.2, 0.25) is 5.02 Å². The highest BCUT2D eigenvalue weighted by molar-refractivity contribution is 7.89. The van der Waals surface area contributed by atoms with Crippen molar-refractivity contribution in [3.63, 3.8) is 0 Å². The molecular formula is C25H29ClN2O5S. The summed E-state index contributed by atoms with van der Waals surface area (Å²) < 4.78 is 35.3. The molecule has 0 saturated carbocycles. The van der Waals surface area contributed by atoms with Gasteiger partial charge in [0.05, 0.1) is 23.1 Å². The van der Waals surface area contributed by atoms with E-state index in [2.05, 4.69) is 0 Å². The summed E-state index contributed by atoms with van der Waals surface area (Å²) in [5, 5.41) is 0.475. The van der Waals surface area contributed by atoms with Gasteiger partial charge in [0.15, 0.2) is 0 Å². The Morgan fingerprint density at radius 3 is 2.24 bits per heavy atom. The fraction of sp³-hybridized carbons (Fsp3) is 0.440. The van der Waals surface area contributed by atoms with E-state index in [0.717, 1.165) is 22.4 Å². The lowest BCUT2D eigenvalue weighted by molar-refractivity contribution is -0.122. The van der Waals surface area contributed by atoms with Gasteiger partial charge in [-0.25, -0.2) is 13.3 Å². The van der Waals surface area contributed by atoms with Gasteiger partial charge in [0.2, 0.25) is 15.9 Å². The molecule has 4 rings (SSSR count). The van der Waals surface area contributed by atoms with E-state index < -0.39 is 27.9 Å². The van der Waals surface area contributed by atoms with Gasteiger partial charge in [-0.3, -0.25) is 9.59 Å². The van der Waals surface area contributed by atoms with Crippen LogP contribution in [0.4, 0.5) is 5.69 Å². The summed E-state index contributed by atoms with van der Waals surface area (Å²) in [5.41, 5.74) is 3.37. The Labute approximate surface area is 205 Å². The molecule has 0 spiro atoms. The smallest absolute Gasteiger partial charge is 0.252 e. The molecule has 2 aromatic carbocycles. The van der Waals surface area contributed by atoms with Crippen molar-refractivity contribution in [1.29, 1.82) is 0 Å². The van der Waals surface area contributed by atoms with Crippen molar-refractivity contribution < 1.29 is 22.7 Å². The molecular weight excluding hydrogens is 476 g/mol. The van der Waals surface area contributed by atoms with Gasteiger partial charge in [-0.2, -0.15) is 4.31 Å². The summed E-state index contributed by atoms with van der Waals surface area (Å²) in [4.78, 5) is 27.7. The molecule has 9 heteroatoms. The number of rotatable bonds is 6. The fourth-order valence-electron chi connectivity index (χ4n) is 4.77. The van der Waals surface area contributed by atoms with E-state index in [9.17, 15) is 18.0 Å². The van der Waals surface area contributed by atoms with Gasteiger partial charge in [0.1, 0.15) is 6.04 Å². The molecule has 7 nitrogen and oxygen atoms in total. The molecule has 2 atom stereocenters. The van der Waals surface area contributed by atoms with Gasteiger partial charge >= 0.3 is 0 Å². The topological polar surface area (TPSA) is 84.0 Å². The molecule has 34 heavy (non-hydrogen) atoms. The second-order valence-corrected chi connectivity index (χ2v) is 11.3. The van der Waals surface area contributed by atoms with E-state index in [0.29, 0.717) is 34.9 Å². The van der Waals surface area contributed by atoms with Crippen LogP contribution in [-0.4, -0.2) is 49.8 Å². The van der Waals surface area contributed by atoms with Crippen molar-refractivity contribution in [3.05, 3.63) is 57.6 Å². The van der Waals surface area contributed by atoms with Crippen LogP contribution in [0, 0.1) is 27.7 Å². The molecule has 0 aliphatic carbocycles. The van der Waals surface area contributed by atoms with E-state index in [-0.39, 0.29) is 24.0 Å². The molecule has 2 aromatic rings. The van der Waals surface area contributed by atoms with Crippen LogP contribution < -0.4 is 4.90 Å². The fourth-order valence-corrected chi connectivity index (χ4v) is 7.09. The lowest BCUT2D eigenvalue weighted by Gasteiger charge is -2.30. The van der Waals surface area contributed by atoms with Gasteiger partial charge in [-0.15, -0.1) is 0 Å². The summed E-state index contributed by atoms with van der Waals surface area (Å²) in [6.45, 7) is 7.87. The number of benzene rings is 2. The van der Waals surface area contributed by atoms with Crippen LogP contribution in [0.5, 0.6) is 0 Å². The average Bonchev–Trinajstić information content (AvgIpc) is 3.39. The molecule has 2 heterocycles. The predicted octanol–water partition coefficient (Wildman–Crippen LogP) is 4.08. The monoisotopic (exact) mass is 504 g/mol. The number of imide groups is 1. The second kappa shape index (κ2) is 9.41. The lowest BCUT2D eigenvalue weighted by Crippen LogP contribution is -2.48. The zero-order valence-corrected chi connectivity index (χ0v) is 21.4. The van der Waals surface area contributed by atoms with Gasteiger partial charge in [0.25, 0.3) is 5.91 Å². The van der Waals surface area contributed by atoms with E-state index in [1.165, 1.54) is 4.31 Å². The largest absolute Gasteiger partial charge is 0.377 e. The third-order valence-electron chi connectivity index (χ3n) is 6.83. The third kappa shape index (κ3) is 4.40. The highest BCUT2D eigenvalue weighted by Gasteiger charge is 2.48. The SMILES string of the molecule is Cc1cc(C)c(C)c(S(=O)(=O)N(CC2CCCO2)C2CC(=O)N(c3ccc(Cl)cc3)C2=O)c1C. The van der Waals surface area contributed by atoms with Gasteiger partial charge in [-0.05, 0) is 87.1 Å². The highest BCUT2D eigenvalue weighted by Crippen LogP contribution is 2.34. The minimum Gasteiger partial charge on any atom is -0.377 e. The average molecular weight is 505 g/mol. The summed E-state index contributed by atoms with van der Waals surface area (Å²) in [6, 6.07) is 7.16. The van der Waals surface area contributed by atoms with Gasteiger partial charge in [-0.1, -0.05) is 17.7 Å². The zero-order valence-electron chi connectivity index (χ0n) is 19.8. The van der Waals surface area contributed by atoms with Crippen LogP contribution in [0.3, 0.4) is 0 Å². The first-order valence-corrected chi connectivity index (χ1v) is 13.2. The Morgan fingerprint density at radius 2 is 1.68 bits per heavy atom. The standard InChI is InChI=1S/C25H29ClN2O5S/c1-15-12-16(2)18(4)24(17(15)3)34(31,32)27(14-21-6-5-11-33-21)22-13-23(29)28(25(22)30)20-9-7-19(26)8-10-20/h7-10,12,21-22H,5-6,11,13-14H2,1-4H3. The number of hydrogen-bond donors (Lipinski definition) is 0. The zero-order chi connectivity index (χ0) is 24.8. The summed E-state index contributed by atoms with van der Waals surface area (Å²) in [6.07, 6.45) is 0.978. The summed E-state index contributed by atoms with van der Waals surface area (Å²) >= 11 is 5.96. The lowest BCUT2D eigenvalue weighted by atomic mass is 10.0.